The highest BCUT2D eigenvalue weighted by atomic mass is 19.4. The predicted molar refractivity (Wildman–Crippen MR) is 61.6 cm³/mol. The van der Waals surface area contributed by atoms with Crippen LogP contribution in [0.4, 0.5) is 30.5 Å². The van der Waals surface area contributed by atoms with Crippen LogP contribution in [-0.4, -0.2) is 24.2 Å². The van der Waals surface area contributed by atoms with Gasteiger partial charge in [0.1, 0.15) is 18.2 Å². The molecule has 0 unspecified atom stereocenters. The highest BCUT2D eigenvalue weighted by Gasteiger charge is 2.31. The third kappa shape index (κ3) is 4.01. The number of hydrogen-bond acceptors (Lipinski definition) is 4. The van der Waals surface area contributed by atoms with E-state index in [2.05, 4.69) is 4.98 Å². The first-order chi connectivity index (χ1) is 7.83. The molecule has 0 aliphatic carbocycles. The zero-order valence-corrected chi connectivity index (χ0v) is 9.46. The van der Waals surface area contributed by atoms with Crippen molar-refractivity contribution >= 4 is 17.3 Å². The maximum atomic E-state index is 12.4. The van der Waals surface area contributed by atoms with Crippen molar-refractivity contribution in [2.24, 2.45) is 0 Å². The molecule has 0 spiro atoms. The van der Waals surface area contributed by atoms with Gasteiger partial charge in [-0.2, -0.15) is 13.2 Å². The van der Waals surface area contributed by atoms with Crippen molar-refractivity contribution in [3.8, 4) is 0 Å². The molecule has 0 bridgehead atoms. The number of nitrogen functional groups attached to an aromatic ring is 2. The summed E-state index contributed by atoms with van der Waals surface area (Å²) in [5, 5.41) is 0. The number of nitrogens with zero attached hydrogens (tertiary/aromatic N) is 2. The number of nitrogens with two attached hydrogens (primary N) is 2. The van der Waals surface area contributed by atoms with E-state index in [-0.39, 0.29) is 23.9 Å². The van der Waals surface area contributed by atoms with Crippen molar-refractivity contribution < 1.29 is 13.2 Å². The summed E-state index contributed by atoms with van der Waals surface area (Å²) in [6, 6.07) is 2.89. The highest BCUT2D eigenvalue weighted by Crippen LogP contribution is 2.23. The zero-order chi connectivity index (χ0) is 13.1. The third-order valence-electron chi connectivity index (χ3n) is 2.13. The quantitative estimate of drug-likeness (QED) is 0.855. The normalized spacial score (nSPS) is 11.5. The van der Waals surface area contributed by atoms with E-state index in [0.29, 0.717) is 6.42 Å². The average molecular weight is 248 g/mol. The average Bonchev–Trinajstić information content (AvgIpc) is 2.19. The van der Waals surface area contributed by atoms with E-state index < -0.39 is 12.7 Å². The smallest absolute Gasteiger partial charge is 0.396 e. The molecule has 1 aromatic rings. The second-order valence-corrected chi connectivity index (χ2v) is 3.68. The predicted octanol–water partition coefficient (Wildman–Crippen LogP) is 2.02. The number of rotatable bonds is 4. The maximum Gasteiger partial charge on any atom is 0.405 e. The topological polar surface area (TPSA) is 68.2 Å². The number of hydrogen-bond donors (Lipinski definition) is 2. The molecule has 1 rings (SSSR count). The van der Waals surface area contributed by atoms with E-state index in [9.17, 15) is 13.2 Å². The first-order valence-electron chi connectivity index (χ1n) is 5.17. The summed E-state index contributed by atoms with van der Waals surface area (Å²) < 4.78 is 37.1. The summed E-state index contributed by atoms with van der Waals surface area (Å²) in [5.41, 5.74) is 11.2. The molecule has 96 valence electrons. The molecule has 0 amide bonds. The van der Waals surface area contributed by atoms with Crippen LogP contribution in [0, 0.1) is 0 Å². The Morgan fingerprint density at radius 2 is 1.94 bits per heavy atom. The Labute approximate surface area is 97.4 Å². The van der Waals surface area contributed by atoms with Crippen LogP contribution in [0.5, 0.6) is 0 Å². The minimum Gasteiger partial charge on any atom is -0.396 e. The van der Waals surface area contributed by atoms with E-state index in [1.807, 2.05) is 0 Å². The second-order valence-electron chi connectivity index (χ2n) is 3.68. The van der Waals surface area contributed by atoms with Gasteiger partial charge in [-0.3, -0.25) is 0 Å². The van der Waals surface area contributed by atoms with Gasteiger partial charge in [0.15, 0.2) is 0 Å². The lowest BCUT2D eigenvalue weighted by Crippen LogP contribution is -2.35. The van der Waals surface area contributed by atoms with E-state index >= 15 is 0 Å². The van der Waals surface area contributed by atoms with Gasteiger partial charge in [-0.15, -0.1) is 0 Å². The first-order valence-corrected chi connectivity index (χ1v) is 5.17. The molecule has 4 N–H and O–H groups in total. The molecule has 0 saturated heterocycles. The van der Waals surface area contributed by atoms with Crippen LogP contribution in [0.1, 0.15) is 13.3 Å². The molecule has 17 heavy (non-hydrogen) atoms. The van der Waals surface area contributed by atoms with Gasteiger partial charge in [-0.05, 0) is 18.6 Å². The number of halogens is 3. The Hall–Kier alpha value is -1.66. The van der Waals surface area contributed by atoms with Gasteiger partial charge in [-0.1, -0.05) is 6.92 Å². The summed E-state index contributed by atoms with van der Waals surface area (Å²) in [7, 11) is 0. The molecule has 1 aromatic heterocycles. The minimum absolute atomic E-state index is 0.0470. The van der Waals surface area contributed by atoms with Crippen molar-refractivity contribution in [3.05, 3.63) is 12.1 Å². The van der Waals surface area contributed by atoms with Crippen molar-refractivity contribution in [3.63, 3.8) is 0 Å². The highest BCUT2D eigenvalue weighted by molar-refractivity contribution is 5.62. The van der Waals surface area contributed by atoms with E-state index in [0.717, 1.165) is 4.90 Å². The van der Waals surface area contributed by atoms with Crippen LogP contribution >= 0.6 is 0 Å². The lowest BCUT2D eigenvalue weighted by molar-refractivity contribution is -0.119. The molecule has 7 heteroatoms. The van der Waals surface area contributed by atoms with Gasteiger partial charge in [-0.25, -0.2) is 4.98 Å². The van der Waals surface area contributed by atoms with Gasteiger partial charge < -0.3 is 16.4 Å². The zero-order valence-electron chi connectivity index (χ0n) is 9.46. The largest absolute Gasteiger partial charge is 0.405 e. The lowest BCUT2D eigenvalue weighted by atomic mass is 10.3. The SMILES string of the molecule is CCCN(CC(F)(F)F)c1ccc(N)c(N)n1. The molecule has 0 saturated carbocycles. The van der Waals surface area contributed by atoms with Crippen molar-refractivity contribution in [2.45, 2.75) is 19.5 Å². The Morgan fingerprint density at radius 1 is 1.29 bits per heavy atom. The van der Waals surface area contributed by atoms with Gasteiger partial charge >= 0.3 is 6.18 Å². The van der Waals surface area contributed by atoms with Crippen LogP contribution in [0.15, 0.2) is 12.1 Å². The lowest BCUT2D eigenvalue weighted by Gasteiger charge is -2.24. The first kappa shape index (κ1) is 13.4. The van der Waals surface area contributed by atoms with Crippen molar-refractivity contribution in [2.75, 3.05) is 29.5 Å². The summed E-state index contributed by atoms with van der Waals surface area (Å²) in [6.07, 6.45) is -3.69. The fourth-order valence-corrected chi connectivity index (χ4v) is 1.41. The Bertz CT molecular complexity index is 378. The van der Waals surface area contributed by atoms with E-state index in [1.54, 1.807) is 6.92 Å². The van der Waals surface area contributed by atoms with Gasteiger partial charge in [0.2, 0.25) is 0 Å². The van der Waals surface area contributed by atoms with Crippen LogP contribution in [-0.2, 0) is 0 Å². The fraction of sp³-hybridized carbons (Fsp3) is 0.500. The molecule has 4 nitrogen and oxygen atoms in total. The van der Waals surface area contributed by atoms with Crippen molar-refractivity contribution in [1.29, 1.82) is 0 Å². The van der Waals surface area contributed by atoms with E-state index in [1.165, 1.54) is 12.1 Å². The van der Waals surface area contributed by atoms with Gasteiger partial charge in [0.05, 0.1) is 5.69 Å². The molecule has 0 aliphatic rings. The number of alkyl halides is 3. The standard InChI is InChI=1S/C10H15F3N4/c1-2-5-17(6-10(11,12)13)8-4-3-7(14)9(15)16-8/h3-4H,2,5-6,14H2,1H3,(H2,15,16). The second kappa shape index (κ2) is 5.11. The van der Waals surface area contributed by atoms with Gasteiger partial charge in [0, 0.05) is 6.54 Å². The Kier molecular flexibility index (Phi) is 4.03. The number of pyridine rings is 1. The summed E-state index contributed by atoms with van der Waals surface area (Å²) in [4.78, 5) is 4.99. The molecule has 0 radical (unpaired) electrons. The molecule has 0 aromatic carbocycles. The van der Waals surface area contributed by atoms with Crippen LogP contribution < -0.4 is 16.4 Å². The molecule has 0 aliphatic heterocycles. The van der Waals surface area contributed by atoms with Crippen LogP contribution in [0.2, 0.25) is 0 Å². The Morgan fingerprint density at radius 3 is 2.41 bits per heavy atom. The maximum absolute atomic E-state index is 12.4. The number of anilines is 3. The summed E-state index contributed by atoms with van der Waals surface area (Å²) >= 11 is 0. The molecule has 1 heterocycles. The van der Waals surface area contributed by atoms with E-state index in [4.69, 9.17) is 11.5 Å². The third-order valence-corrected chi connectivity index (χ3v) is 2.13. The monoisotopic (exact) mass is 248 g/mol. The summed E-state index contributed by atoms with van der Waals surface area (Å²) in [5.74, 6) is 0.238. The summed E-state index contributed by atoms with van der Waals surface area (Å²) in [6.45, 7) is 1.01. The fourth-order valence-electron chi connectivity index (χ4n) is 1.41. The molecular formula is C10H15F3N4. The van der Waals surface area contributed by atoms with Crippen molar-refractivity contribution in [1.82, 2.24) is 4.98 Å². The molecule has 0 atom stereocenters. The minimum atomic E-state index is -4.27. The van der Waals surface area contributed by atoms with Gasteiger partial charge in [0.25, 0.3) is 0 Å². The molecular weight excluding hydrogens is 233 g/mol. The number of aromatic nitrogens is 1. The molecule has 0 fully saturated rings. The Balaban J connectivity index is 2.93. The van der Waals surface area contributed by atoms with Crippen LogP contribution in [0.3, 0.4) is 0 Å². The van der Waals surface area contributed by atoms with Crippen LogP contribution in [0.25, 0.3) is 0 Å².